The summed E-state index contributed by atoms with van der Waals surface area (Å²) in [7, 11) is 0. The molecule has 0 saturated carbocycles. The molecule has 0 atom stereocenters. The summed E-state index contributed by atoms with van der Waals surface area (Å²) >= 11 is 0. The van der Waals surface area contributed by atoms with Gasteiger partial charge in [0.15, 0.2) is 0 Å². The highest BCUT2D eigenvalue weighted by atomic mass is 16.2. The van der Waals surface area contributed by atoms with Crippen LogP contribution < -0.4 is 22.3 Å². The van der Waals surface area contributed by atoms with E-state index in [-0.39, 0.29) is 12.2 Å². The number of anilines is 1. The molecular weight excluding hydrogens is 198 g/mol. The van der Waals surface area contributed by atoms with Crippen molar-refractivity contribution in [1.29, 1.82) is 0 Å². The molecule has 1 rings (SSSR count). The van der Waals surface area contributed by atoms with E-state index >= 15 is 0 Å². The molecular formula is C8H11N5O2. The van der Waals surface area contributed by atoms with Crippen LogP contribution in [0.1, 0.15) is 10.5 Å². The van der Waals surface area contributed by atoms with E-state index in [4.69, 9.17) is 11.6 Å². The molecule has 0 radical (unpaired) electrons. The van der Waals surface area contributed by atoms with Crippen LogP contribution in [0, 0.1) is 0 Å². The zero-order valence-corrected chi connectivity index (χ0v) is 7.86. The highest BCUT2D eigenvalue weighted by molar-refractivity contribution is 5.94. The zero-order valence-electron chi connectivity index (χ0n) is 7.86. The molecule has 0 bridgehead atoms. The number of aromatic nitrogens is 1. The number of nitrogen functional groups attached to an aromatic ring is 1. The molecule has 2 amide bonds. The van der Waals surface area contributed by atoms with Crippen molar-refractivity contribution in [2.45, 2.75) is 0 Å². The Labute approximate surface area is 85.8 Å². The summed E-state index contributed by atoms with van der Waals surface area (Å²) in [6.07, 6.45) is 0. The van der Waals surface area contributed by atoms with Crippen LogP contribution in [0.25, 0.3) is 0 Å². The third-order valence-electron chi connectivity index (χ3n) is 1.55. The van der Waals surface area contributed by atoms with Gasteiger partial charge in [0.1, 0.15) is 11.5 Å². The summed E-state index contributed by atoms with van der Waals surface area (Å²) in [6.45, 7) is -0.221. The maximum absolute atomic E-state index is 11.4. The average Bonchev–Trinajstić information content (AvgIpc) is 2.26. The number of nitrogens with two attached hydrogens (primary N) is 2. The van der Waals surface area contributed by atoms with Crippen LogP contribution >= 0.6 is 0 Å². The molecule has 0 fully saturated rings. The fraction of sp³-hybridized carbons (Fsp3) is 0.125. The van der Waals surface area contributed by atoms with E-state index in [0.29, 0.717) is 5.82 Å². The van der Waals surface area contributed by atoms with E-state index in [0.717, 1.165) is 0 Å². The van der Waals surface area contributed by atoms with Gasteiger partial charge < -0.3 is 16.5 Å². The van der Waals surface area contributed by atoms with Crippen LogP contribution in [0.2, 0.25) is 0 Å². The lowest BCUT2D eigenvalue weighted by Crippen LogP contribution is -2.33. The van der Waals surface area contributed by atoms with Crippen LogP contribution in [-0.2, 0) is 4.79 Å². The Morgan fingerprint density at radius 3 is 2.73 bits per heavy atom. The maximum Gasteiger partial charge on any atom is 0.270 e. The Hall–Kier alpha value is -2.15. The summed E-state index contributed by atoms with van der Waals surface area (Å²) < 4.78 is 0. The Balaban J connectivity index is 2.69. The summed E-state index contributed by atoms with van der Waals surface area (Å²) in [6, 6.07) is 4.71. The zero-order chi connectivity index (χ0) is 11.3. The molecule has 6 N–H and O–H groups in total. The standard InChI is InChI=1S/C8H11N5O2/c9-6(14)4-11-8(15)5-2-1-3-7(12-5)13-10/h1-3H,4,10H2,(H2,9,14)(H,11,15)(H,12,13). The van der Waals surface area contributed by atoms with Crippen LogP contribution in [-0.4, -0.2) is 23.3 Å². The predicted octanol–water partition coefficient (Wildman–Crippen LogP) is -1.42. The number of primary amides is 1. The van der Waals surface area contributed by atoms with E-state index in [1.165, 1.54) is 6.07 Å². The lowest BCUT2D eigenvalue weighted by atomic mass is 10.3. The van der Waals surface area contributed by atoms with E-state index < -0.39 is 11.8 Å². The Morgan fingerprint density at radius 2 is 2.13 bits per heavy atom. The number of nitrogens with one attached hydrogen (secondary N) is 2. The van der Waals surface area contributed by atoms with Crippen molar-refractivity contribution in [3.05, 3.63) is 23.9 Å². The van der Waals surface area contributed by atoms with Gasteiger partial charge in [-0.1, -0.05) is 6.07 Å². The van der Waals surface area contributed by atoms with E-state index in [1.807, 2.05) is 0 Å². The first-order valence-corrected chi connectivity index (χ1v) is 4.13. The van der Waals surface area contributed by atoms with Crippen molar-refractivity contribution in [1.82, 2.24) is 10.3 Å². The minimum atomic E-state index is -0.614. The topological polar surface area (TPSA) is 123 Å². The molecule has 0 aromatic carbocycles. The molecule has 1 heterocycles. The van der Waals surface area contributed by atoms with Gasteiger partial charge in [-0.15, -0.1) is 0 Å². The quantitative estimate of drug-likeness (QED) is 0.358. The van der Waals surface area contributed by atoms with Crippen molar-refractivity contribution >= 4 is 17.6 Å². The monoisotopic (exact) mass is 209 g/mol. The van der Waals surface area contributed by atoms with Crippen molar-refractivity contribution in [2.24, 2.45) is 11.6 Å². The van der Waals surface area contributed by atoms with Crippen molar-refractivity contribution in [2.75, 3.05) is 12.0 Å². The first kappa shape index (κ1) is 10.9. The van der Waals surface area contributed by atoms with Crippen molar-refractivity contribution < 1.29 is 9.59 Å². The van der Waals surface area contributed by atoms with Gasteiger partial charge in [-0.25, -0.2) is 10.8 Å². The minimum absolute atomic E-state index is 0.159. The molecule has 1 aromatic heterocycles. The van der Waals surface area contributed by atoms with Gasteiger partial charge in [-0.05, 0) is 12.1 Å². The van der Waals surface area contributed by atoms with Gasteiger partial charge in [-0.2, -0.15) is 0 Å². The molecule has 0 saturated heterocycles. The predicted molar refractivity (Wildman–Crippen MR) is 53.6 cm³/mol. The lowest BCUT2D eigenvalue weighted by molar-refractivity contribution is -0.117. The molecule has 80 valence electrons. The Morgan fingerprint density at radius 1 is 1.40 bits per heavy atom. The summed E-state index contributed by atoms with van der Waals surface area (Å²) in [5.41, 5.74) is 7.33. The fourth-order valence-electron chi connectivity index (χ4n) is 0.900. The Kier molecular flexibility index (Phi) is 3.58. The van der Waals surface area contributed by atoms with E-state index in [1.54, 1.807) is 12.1 Å². The second-order valence-electron chi connectivity index (χ2n) is 2.70. The number of nitrogens with zero attached hydrogens (tertiary/aromatic N) is 1. The number of hydrogen-bond donors (Lipinski definition) is 4. The van der Waals surface area contributed by atoms with Gasteiger partial charge in [0, 0.05) is 0 Å². The smallest absolute Gasteiger partial charge is 0.270 e. The SMILES string of the molecule is NNc1cccc(C(=O)NCC(N)=O)n1. The van der Waals surface area contributed by atoms with Gasteiger partial charge in [0.2, 0.25) is 5.91 Å². The number of hydrogen-bond acceptors (Lipinski definition) is 5. The summed E-state index contributed by atoms with van der Waals surface area (Å²) in [5, 5.41) is 2.31. The summed E-state index contributed by atoms with van der Waals surface area (Å²) in [5.74, 6) is 4.39. The maximum atomic E-state index is 11.4. The largest absolute Gasteiger partial charge is 0.368 e. The number of rotatable bonds is 4. The highest BCUT2D eigenvalue weighted by Crippen LogP contribution is 2.02. The minimum Gasteiger partial charge on any atom is -0.368 e. The van der Waals surface area contributed by atoms with Crippen molar-refractivity contribution in [3.8, 4) is 0 Å². The number of pyridine rings is 1. The van der Waals surface area contributed by atoms with Gasteiger partial charge in [-0.3, -0.25) is 9.59 Å². The van der Waals surface area contributed by atoms with Gasteiger partial charge >= 0.3 is 0 Å². The fourth-order valence-corrected chi connectivity index (χ4v) is 0.900. The van der Waals surface area contributed by atoms with Crippen LogP contribution in [0.3, 0.4) is 0 Å². The number of carbonyl (C=O) groups excluding carboxylic acids is 2. The second-order valence-corrected chi connectivity index (χ2v) is 2.70. The molecule has 7 nitrogen and oxygen atoms in total. The molecule has 0 aliphatic carbocycles. The molecule has 7 heteroatoms. The van der Waals surface area contributed by atoms with Crippen LogP contribution in [0.15, 0.2) is 18.2 Å². The molecule has 15 heavy (non-hydrogen) atoms. The van der Waals surface area contributed by atoms with Crippen LogP contribution in [0.5, 0.6) is 0 Å². The number of carbonyl (C=O) groups is 2. The normalized spacial score (nSPS) is 9.40. The highest BCUT2D eigenvalue weighted by Gasteiger charge is 2.07. The first-order chi connectivity index (χ1) is 7.13. The lowest BCUT2D eigenvalue weighted by Gasteiger charge is -2.03. The first-order valence-electron chi connectivity index (χ1n) is 4.13. The molecule has 1 aromatic rings. The third kappa shape index (κ3) is 3.24. The number of amides is 2. The van der Waals surface area contributed by atoms with Gasteiger partial charge in [0.25, 0.3) is 5.91 Å². The average molecular weight is 209 g/mol. The van der Waals surface area contributed by atoms with E-state index in [9.17, 15) is 9.59 Å². The second kappa shape index (κ2) is 4.91. The molecule has 0 aliphatic heterocycles. The summed E-state index contributed by atoms with van der Waals surface area (Å²) in [4.78, 5) is 25.6. The van der Waals surface area contributed by atoms with E-state index in [2.05, 4.69) is 15.7 Å². The molecule has 0 unspecified atom stereocenters. The third-order valence-corrected chi connectivity index (χ3v) is 1.55. The molecule has 0 spiro atoms. The number of hydrazine groups is 1. The van der Waals surface area contributed by atoms with Crippen molar-refractivity contribution in [3.63, 3.8) is 0 Å². The van der Waals surface area contributed by atoms with Gasteiger partial charge in [0.05, 0.1) is 6.54 Å². The molecule has 0 aliphatic rings. The Bertz CT molecular complexity index is 379. The van der Waals surface area contributed by atoms with Crippen LogP contribution in [0.4, 0.5) is 5.82 Å².